The van der Waals surface area contributed by atoms with Crippen LogP contribution in [0.4, 0.5) is 5.69 Å². The van der Waals surface area contributed by atoms with Crippen molar-refractivity contribution < 1.29 is 9.84 Å². The molecule has 0 amide bonds. The van der Waals surface area contributed by atoms with Gasteiger partial charge in [-0.3, -0.25) is 0 Å². The molecule has 0 aliphatic rings. The summed E-state index contributed by atoms with van der Waals surface area (Å²) in [5.74, 6) is 0. The molecule has 3 N–H and O–H groups in total. The molecule has 3 nitrogen and oxygen atoms in total. The third kappa shape index (κ3) is 3.77. The van der Waals surface area contributed by atoms with Crippen LogP contribution in [-0.4, -0.2) is 24.9 Å². The van der Waals surface area contributed by atoms with Gasteiger partial charge in [-0.15, -0.1) is 0 Å². The van der Waals surface area contributed by atoms with E-state index in [0.717, 1.165) is 17.7 Å². The Kier molecular flexibility index (Phi) is 5.04. The van der Waals surface area contributed by atoms with Gasteiger partial charge in [0.05, 0.1) is 6.61 Å². The Hall–Kier alpha value is -1.06. The summed E-state index contributed by atoms with van der Waals surface area (Å²) in [6.07, 6.45) is 1.53. The Balaban J connectivity index is 2.21. The van der Waals surface area contributed by atoms with Crippen molar-refractivity contribution in [3.63, 3.8) is 0 Å². The molecule has 1 aromatic carbocycles. The Bertz CT molecular complexity index is 263. The summed E-state index contributed by atoms with van der Waals surface area (Å²) in [5.41, 5.74) is 7.71. The first-order valence-corrected chi connectivity index (χ1v) is 4.86. The maximum atomic E-state index is 8.53. The Morgan fingerprint density at radius 2 is 2.00 bits per heavy atom. The zero-order valence-electron chi connectivity index (χ0n) is 8.28. The van der Waals surface area contributed by atoms with Crippen molar-refractivity contribution >= 4 is 5.69 Å². The second-order valence-corrected chi connectivity index (χ2v) is 3.14. The highest BCUT2D eigenvalue weighted by atomic mass is 16.5. The fourth-order valence-corrected chi connectivity index (χ4v) is 1.21. The molecule has 0 heterocycles. The molecule has 0 aliphatic carbocycles. The van der Waals surface area contributed by atoms with E-state index in [1.165, 1.54) is 0 Å². The minimum Gasteiger partial charge on any atom is -0.399 e. The zero-order chi connectivity index (χ0) is 10.2. The van der Waals surface area contributed by atoms with E-state index in [1.807, 2.05) is 24.3 Å². The number of aliphatic hydroxyl groups excluding tert-OH is 1. The van der Waals surface area contributed by atoms with Crippen molar-refractivity contribution in [1.82, 2.24) is 0 Å². The number of rotatable bonds is 6. The summed E-state index contributed by atoms with van der Waals surface area (Å²) < 4.78 is 5.32. The van der Waals surface area contributed by atoms with Crippen LogP contribution in [0.25, 0.3) is 0 Å². The van der Waals surface area contributed by atoms with E-state index < -0.39 is 0 Å². The molecule has 0 saturated heterocycles. The summed E-state index contributed by atoms with van der Waals surface area (Å²) in [6, 6.07) is 7.79. The second-order valence-electron chi connectivity index (χ2n) is 3.14. The lowest BCUT2D eigenvalue weighted by atomic mass is 10.1. The standard InChI is InChI=1S/C11H17NO2/c12-11-5-2-1-4-10(11)6-9-14-8-3-7-13/h1-2,4-5,13H,3,6-9,12H2. The maximum absolute atomic E-state index is 8.53. The Morgan fingerprint density at radius 3 is 2.71 bits per heavy atom. The van der Waals surface area contributed by atoms with Gasteiger partial charge in [-0.25, -0.2) is 0 Å². The van der Waals surface area contributed by atoms with Crippen molar-refractivity contribution in [2.24, 2.45) is 0 Å². The predicted octanol–water partition coefficient (Wildman–Crippen LogP) is 1.21. The second kappa shape index (κ2) is 6.40. The number of para-hydroxylation sites is 1. The number of hydrogen-bond acceptors (Lipinski definition) is 3. The highest BCUT2D eigenvalue weighted by Crippen LogP contribution is 2.10. The van der Waals surface area contributed by atoms with Crippen molar-refractivity contribution in [2.45, 2.75) is 12.8 Å². The highest BCUT2D eigenvalue weighted by Gasteiger charge is 1.96. The van der Waals surface area contributed by atoms with E-state index in [4.69, 9.17) is 15.6 Å². The fourth-order valence-electron chi connectivity index (χ4n) is 1.21. The molecule has 0 aromatic heterocycles. The monoisotopic (exact) mass is 195 g/mol. The van der Waals surface area contributed by atoms with Crippen molar-refractivity contribution in [1.29, 1.82) is 0 Å². The molecular weight excluding hydrogens is 178 g/mol. The number of hydrogen-bond donors (Lipinski definition) is 2. The first kappa shape index (κ1) is 11.0. The summed E-state index contributed by atoms with van der Waals surface area (Å²) in [6.45, 7) is 1.46. The summed E-state index contributed by atoms with van der Waals surface area (Å²) >= 11 is 0. The van der Waals surface area contributed by atoms with Gasteiger partial charge in [-0.1, -0.05) is 18.2 Å². The number of anilines is 1. The van der Waals surface area contributed by atoms with Gasteiger partial charge >= 0.3 is 0 Å². The van der Waals surface area contributed by atoms with E-state index in [2.05, 4.69) is 0 Å². The molecule has 0 unspecified atom stereocenters. The van der Waals surface area contributed by atoms with E-state index >= 15 is 0 Å². The number of nitrogen functional groups attached to an aromatic ring is 1. The van der Waals surface area contributed by atoms with E-state index in [1.54, 1.807) is 0 Å². The third-order valence-corrected chi connectivity index (χ3v) is 2.02. The van der Waals surface area contributed by atoms with Crippen LogP contribution in [0, 0.1) is 0 Å². The average Bonchev–Trinajstić information content (AvgIpc) is 2.20. The number of nitrogens with two attached hydrogens (primary N) is 1. The van der Waals surface area contributed by atoms with E-state index in [0.29, 0.717) is 19.6 Å². The number of benzene rings is 1. The van der Waals surface area contributed by atoms with E-state index in [9.17, 15) is 0 Å². The quantitative estimate of drug-likeness (QED) is 0.530. The smallest absolute Gasteiger partial charge is 0.0507 e. The molecule has 1 aromatic rings. The van der Waals surface area contributed by atoms with Crippen LogP contribution < -0.4 is 5.73 Å². The van der Waals surface area contributed by atoms with Crippen LogP contribution in [0.15, 0.2) is 24.3 Å². The van der Waals surface area contributed by atoms with Crippen LogP contribution >= 0.6 is 0 Å². The molecule has 0 fully saturated rings. The van der Waals surface area contributed by atoms with Gasteiger partial charge in [-0.05, 0) is 24.5 Å². The van der Waals surface area contributed by atoms with Gasteiger partial charge in [0.25, 0.3) is 0 Å². The van der Waals surface area contributed by atoms with Crippen molar-refractivity contribution in [3.8, 4) is 0 Å². The van der Waals surface area contributed by atoms with Crippen LogP contribution in [0.2, 0.25) is 0 Å². The van der Waals surface area contributed by atoms with Gasteiger partial charge in [0, 0.05) is 18.9 Å². The molecule has 0 saturated carbocycles. The molecule has 78 valence electrons. The van der Waals surface area contributed by atoms with Crippen LogP contribution in [-0.2, 0) is 11.2 Å². The molecular formula is C11H17NO2. The lowest BCUT2D eigenvalue weighted by Crippen LogP contribution is -2.03. The minimum atomic E-state index is 0.188. The van der Waals surface area contributed by atoms with Crippen LogP contribution in [0.5, 0.6) is 0 Å². The molecule has 0 atom stereocenters. The maximum Gasteiger partial charge on any atom is 0.0507 e. The SMILES string of the molecule is Nc1ccccc1CCOCCCO. The van der Waals surface area contributed by atoms with Gasteiger partial charge in [0.15, 0.2) is 0 Å². The zero-order valence-corrected chi connectivity index (χ0v) is 8.28. The Labute approximate surface area is 84.5 Å². The molecule has 1 rings (SSSR count). The Morgan fingerprint density at radius 1 is 1.21 bits per heavy atom. The fraction of sp³-hybridized carbons (Fsp3) is 0.455. The number of aliphatic hydroxyl groups is 1. The third-order valence-electron chi connectivity index (χ3n) is 2.02. The van der Waals surface area contributed by atoms with Crippen molar-refractivity contribution in [3.05, 3.63) is 29.8 Å². The van der Waals surface area contributed by atoms with E-state index in [-0.39, 0.29) is 6.61 Å². The molecule has 0 bridgehead atoms. The first-order chi connectivity index (χ1) is 6.84. The van der Waals surface area contributed by atoms with Gasteiger partial charge in [-0.2, -0.15) is 0 Å². The minimum absolute atomic E-state index is 0.188. The van der Waals surface area contributed by atoms with Crippen molar-refractivity contribution in [2.75, 3.05) is 25.6 Å². The molecule has 0 aliphatic heterocycles. The first-order valence-electron chi connectivity index (χ1n) is 4.86. The lowest BCUT2D eigenvalue weighted by molar-refractivity contribution is 0.118. The molecule has 0 radical (unpaired) electrons. The normalized spacial score (nSPS) is 10.4. The summed E-state index contributed by atoms with van der Waals surface area (Å²) in [4.78, 5) is 0. The molecule has 14 heavy (non-hydrogen) atoms. The summed E-state index contributed by atoms with van der Waals surface area (Å²) in [5, 5.41) is 8.53. The lowest BCUT2D eigenvalue weighted by Gasteiger charge is -2.05. The van der Waals surface area contributed by atoms with Gasteiger partial charge in [0.1, 0.15) is 0 Å². The predicted molar refractivity (Wildman–Crippen MR) is 57.1 cm³/mol. The van der Waals surface area contributed by atoms with Gasteiger partial charge < -0.3 is 15.6 Å². The topological polar surface area (TPSA) is 55.5 Å². The van der Waals surface area contributed by atoms with Gasteiger partial charge in [0.2, 0.25) is 0 Å². The van der Waals surface area contributed by atoms with Crippen LogP contribution in [0.1, 0.15) is 12.0 Å². The summed E-state index contributed by atoms with van der Waals surface area (Å²) in [7, 11) is 0. The average molecular weight is 195 g/mol. The molecule has 0 spiro atoms. The largest absolute Gasteiger partial charge is 0.399 e. The van der Waals surface area contributed by atoms with Crippen LogP contribution in [0.3, 0.4) is 0 Å². The highest BCUT2D eigenvalue weighted by molar-refractivity contribution is 5.46. The number of ether oxygens (including phenoxy) is 1. The molecule has 3 heteroatoms.